The molecule has 4 heteroatoms. The van der Waals surface area contributed by atoms with Crippen molar-refractivity contribution in [2.45, 2.75) is 33.4 Å². The third-order valence-electron chi connectivity index (χ3n) is 3.74. The molecule has 1 aliphatic rings. The van der Waals surface area contributed by atoms with Crippen molar-refractivity contribution in [2.75, 3.05) is 0 Å². The molecule has 0 bridgehead atoms. The Morgan fingerprint density at radius 1 is 1.39 bits per heavy atom. The van der Waals surface area contributed by atoms with E-state index in [0.717, 1.165) is 28.8 Å². The van der Waals surface area contributed by atoms with E-state index in [1.165, 1.54) is 0 Å². The van der Waals surface area contributed by atoms with Crippen LogP contribution in [0, 0.1) is 0 Å². The summed E-state index contributed by atoms with van der Waals surface area (Å²) in [7, 11) is 0. The van der Waals surface area contributed by atoms with Gasteiger partial charge in [-0.15, -0.1) is 0 Å². The summed E-state index contributed by atoms with van der Waals surface area (Å²) in [5.41, 5.74) is 4.64. The number of allylic oxidation sites excluding steroid dienone is 5. The summed E-state index contributed by atoms with van der Waals surface area (Å²) in [6.45, 7) is 13.1. The van der Waals surface area contributed by atoms with E-state index in [1.54, 1.807) is 17.2 Å². The summed E-state index contributed by atoms with van der Waals surface area (Å²) in [5.74, 6) is 0. The Balaban J connectivity index is 1.88. The fourth-order valence-electron chi connectivity index (χ4n) is 2.37. The van der Waals surface area contributed by atoms with Gasteiger partial charge in [0.2, 0.25) is 0 Å². The molecule has 0 aliphatic carbocycles. The molecule has 0 fully saturated rings. The smallest absolute Gasteiger partial charge is 0.314 e. The van der Waals surface area contributed by atoms with Gasteiger partial charge in [0.1, 0.15) is 0 Å². The Kier molecular flexibility index (Phi) is 5.52. The fraction of sp³-hybridized carbons (Fsp3) is 0.263. The van der Waals surface area contributed by atoms with Gasteiger partial charge in [-0.1, -0.05) is 38.3 Å². The van der Waals surface area contributed by atoms with E-state index in [0.29, 0.717) is 18.8 Å². The highest BCUT2D eigenvalue weighted by Crippen LogP contribution is 2.20. The second-order valence-corrected chi connectivity index (χ2v) is 5.57. The SMILES string of the molecule is C=C(/C=C\C(=C)/C(C)=C/CC)NC(=O)N1Cc2cccnc2C1. The molecule has 0 spiro atoms. The van der Waals surface area contributed by atoms with E-state index in [4.69, 9.17) is 0 Å². The van der Waals surface area contributed by atoms with Gasteiger partial charge in [-0.05, 0) is 42.2 Å². The van der Waals surface area contributed by atoms with Crippen LogP contribution in [-0.4, -0.2) is 15.9 Å². The van der Waals surface area contributed by atoms with Crippen molar-refractivity contribution in [2.24, 2.45) is 0 Å². The largest absolute Gasteiger partial charge is 0.322 e. The minimum atomic E-state index is -0.163. The number of carbonyl (C=O) groups is 1. The van der Waals surface area contributed by atoms with Crippen molar-refractivity contribution in [1.82, 2.24) is 15.2 Å². The van der Waals surface area contributed by atoms with Crippen LogP contribution in [0.3, 0.4) is 0 Å². The Morgan fingerprint density at radius 3 is 2.87 bits per heavy atom. The van der Waals surface area contributed by atoms with E-state index in [2.05, 4.69) is 36.5 Å². The predicted octanol–water partition coefficient (Wildman–Crippen LogP) is 4.09. The molecular weight excluding hydrogens is 286 g/mol. The first-order valence-electron chi connectivity index (χ1n) is 7.73. The Labute approximate surface area is 137 Å². The molecule has 1 N–H and O–H groups in total. The molecule has 1 aromatic rings. The maximum Gasteiger partial charge on any atom is 0.322 e. The molecule has 0 aromatic carbocycles. The zero-order chi connectivity index (χ0) is 16.8. The van der Waals surface area contributed by atoms with Gasteiger partial charge >= 0.3 is 6.03 Å². The highest BCUT2D eigenvalue weighted by Gasteiger charge is 2.23. The van der Waals surface area contributed by atoms with Crippen molar-refractivity contribution >= 4 is 6.03 Å². The number of rotatable bonds is 5. The Hall–Kier alpha value is -2.62. The van der Waals surface area contributed by atoms with Gasteiger partial charge in [0.05, 0.1) is 12.2 Å². The van der Waals surface area contributed by atoms with Gasteiger partial charge in [-0.2, -0.15) is 0 Å². The second kappa shape index (κ2) is 7.58. The molecule has 23 heavy (non-hydrogen) atoms. The van der Waals surface area contributed by atoms with Crippen LogP contribution < -0.4 is 5.32 Å². The Morgan fingerprint density at radius 2 is 2.17 bits per heavy atom. The van der Waals surface area contributed by atoms with Crippen LogP contribution in [0.5, 0.6) is 0 Å². The number of pyridine rings is 1. The predicted molar refractivity (Wildman–Crippen MR) is 93.5 cm³/mol. The minimum Gasteiger partial charge on any atom is -0.314 e. The molecule has 0 saturated heterocycles. The first-order chi connectivity index (χ1) is 11.0. The molecule has 4 nitrogen and oxygen atoms in total. The number of fused-ring (bicyclic) bond motifs is 1. The van der Waals surface area contributed by atoms with E-state index in [-0.39, 0.29) is 6.03 Å². The van der Waals surface area contributed by atoms with Crippen molar-refractivity contribution in [3.63, 3.8) is 0 Å². The molecule has 120 valence electrons. The molecule has 0 atom stereocenters. The van der Waals surface area contributed by atoms with Gasteiger partial charge in [0.15, 0.2) is 0 Å². The summed E-state index contributed by atoms with van der Waals surface area (Å²) >= 11 is 0. The van der Waals surface area contributed by atoms with Crippen LogP contribution in [0.4, 0.5) is 4.79 Å². The molecule has 1 aromatic heterocycles. The van der Waals surface area contributed by atoms with E-state index in [1.807, 2.05) is 25.1 Å². The molecule has 1 aliphatic heterocycles. The van der Waals surface area contributed by atoms with Gasteiger partial charge in [0, 0.05) is 18.4 Å². The Bertz CT molecular complexity index is 661. The minimum absolute atomic E-state index is 0.163. The van der Waals surface area contributed by atoms with Gasteiger partial charge in [-0.25, -0.2) is 4.79 Å². The quantitative estimate of drug-likeness (QED) is 0.833. The van der Waals surface area contributed by atoms with Crippen LogP contribution in [0.15, 0.2) is 66.6 Å². The van der Waals surface area contributed by atoms with Crippen LogP contribution >= 0.6 is 0 Å². The van der Waals surface area contributed by atoms with Crippen LogP contribution in [-0.2, 0) is 13.1 Å². The van der Waals surface area contributed by atoms with E-state index < -0.39 is 0 Å². The number of nitrogens with zero attached hydrogens (tertiary/aromatic N) is 2. The van der Waals surface area contributed by atoms with Gasteiger partial charge in [-0.3, -0.25) is 4.98 Å². The molecule has 2 amide bonds. The summed E-state index contributed by atoms with van der Waals surface area (Å²) < 4.78 is 0. The summed E-state index contributed by atoms with van der Waals surface area (Å²) in [4.78, 5) is 18.3. The maximum absolute atomic E-state index is 12.3. The summed E-state index contributed by atoms with van der Waals surface area (Å²) in [5, 5.41) is 2.80. The van der Waals surface area contributed by atoms with Crippen molar-refractivity contribution in [1.29, 1.82) is 0 Å². The molecule has 2 heterocycles. The summed E-state index contributed by atoms with van der Waals surface area (Å²) in [6.07, 6.45) is 8.47. The van der Waals surface area contributed by atoms with Crippen molar-refractivity contribution in [3.05, 3.63) is 77.8 Å². The second-order valence-electron chi connectivity index (χ2n) is 5.57. The number of hydrogen-bond donors (Lipinski definition) is 1. The average Bonchev–Trinajstić information content (AvgIpc) is 2.97. The highest BCUT2D eigenvalue weighted by molar-refractivity contribution is 5.77. The number of aromatic nitrogens is 1. The van der Waals surface area contributed by atoms with E-state index >= 15 is 0 Å². The van der Waals surface area contributed by atoms with Crippen LogP contribution in [0.2, 0.25) is 0 Å². The lowest BCUT2D eigenvalue weighted by molar-refractivity contribution is 0.201. The number of hydrogen-bond acceptors (Lipinski definition) is 2. The first-order valence-corrected chi connectivity index (χ1v) is 7.73. The zero-order valence-electron chi connectivity index (χ0n) is 13.8. The van der Waals surface area contributed by atoms with E-state index in [9.17, 15) is 4.79 Å². The highest BCUT2D eigenvalue weighted by atomic mass is 16.2. The summed E-state index contributed by atoms with van der Waals surface area (Å²) in [6, 6.07) is 3.72. The van der Waals surface area contributed by atoms with Crippen molar-refractivity contribution < 1.29 is 4.79 Å². The van der Waals surface area contributed by atoms with Crippen LogP contribution in [0.25, 0.3) is 0 Å². The van der Waals surface area contributed by atoms with Crippen molar-refractivity contribution in [3.8, 4) is 0 Å². The first kappa shape index (κ1) is 16.7. The number of nitrogens with one attached hydrogen (secondary N) is 1. The monoisotopic (exact) mass is 309 g/mol. The number of carbonyl (C=O) groups excluding carboxylic acids is 1. The third-order valence-corrected chi connectivity index (χ3v) is 3.74. The molecule has 0 saturated carbocycles. The normalized spacial score (nSPS) is 14.0. The standard InChI is InChI=1S/C19H23N3O/c1-5-7-14(2)15(3)9-10-16(4)21-19(23)22-12-17-8-6-11-20-18(17)13-22/h6-11H,3-5,12-13H2,1-2H3,(H,21,23)/b10-9-,14-7+. The number of amides is 2. The van der Waals surface area contributed by atoms with Crippen LogP contribution in [0.1, 0.15) is 31.5 Å². The molecule has 0 unspecified atom stereocenters. The lowest BCUT2D eigenvalue weighted by Gasteiger charge is -2.16. The maximum atomic E-state index is 12.3. The van der Waals surface area contributed by atoms with Gasteiger partial charge in [0.25, 0.3) is 0 Å². The lowest BCUT2D eigenvalue weighted by atomic mass is 10.1. The molecule has 2 rings (SSSR count). The topological polar surface area (TPSA) is 45.2 Å². The fourth-order valence-corrected chi connectivity index (χ4v) is 2.37. The molecule has 0 radical (unpaired) electrons. The molecular formula is C19H23N3O. The number of urea groups is 1. The third kappa shape index (κ3) is 4.42. The lowest BCUT2D eigenvalue weighted by Crippen LogP contribution is -2.35. The van der Waals surface area contributed by atoms with Gasteiger partial charge < -0.3 is 10.2 Å². The average molecular weight is 309 g/mol. The zero-order valence-corrected chi connectivity index (χ0v) is 13.8.